The highest BCUT2D eigenvalue weighted by molar-refractivity contribution is 5.78. The Bertz CT molecular complexity index is 229. The maximum atomic E-state index is 11.5. The number of likely N-dealkylation sites (tertiary alicyclic amines) is 1. The van der Waals surface area contributed by atoms with Crippen molar-refractivity contribution >= 4 is 5.91 Å². The molecule has 2 aliphatic rings. The summed E-state index contributed by atoms with van der Waals surface area (Å²) in [5, 5.41) is 9.26. The molecule has 3 heteroatoms. The Balaban J connectivity index is 2.24. The molecule has 2 fully saturated rings. The molecular weight excluding hydrogens is 166 g/mol. The molecule has 4 atom stereocenters. The molecule has 0 spiro atoms. The van der Waals surface area contributed by atoms with Crippen LogP contribution in [0.4, 0.5) is 0 Å². The van der Waals surface area contributed by atoms with Crippen molar-refractivity contribution in [2.45, 2.75) is 25.8 Å². The number of aliphatic hydroxyl groups excluding tert-OH is 1. The third-order valence-corrected chi connectivity index (χ3v) is 3.90. The third-order valence-electron chi connectivity index (χ3n) is 3.90. The van der Waals surface area contributed by atoms with Crippen molar-refractivity contribution in [3.63, 3.8) is 0 Å². The lowest BCUT2D eigenvalue weighted by atomic mass is 9.84. The van der Waals surface area contributed by atoms with E-state index in [1.165, 1.54) is 0 Å². The van der Waals surface area contributed by atoms with Crippen LogP contribution in [0.1, 0.15) is 19.8 Å². The van der Waals surface area contributed by atoms with Gasteiger partial charge in [-0.15, -0.1) is 0 Å². The van der Waals surface area contributed by atoms with E-state index in [-0.39, 0.29) is 12.5 Å². The molecule has 1 saturated heterocycles. The number of amides is 1. The second kappa shape index (κ2) is 2.98. The van der Waals surface area contributed by atoms with Crippen molar-refractivity contribution in [3.8, 4) is 0 Å². The Morgan fingerprint density at radius 3 is 2.92 bits per heavy atom. The van der Waals surface area contributed by atoms with Crippen LogP contribution in [0.3, 0.4) is 0 Å². The maximum Gasteiger partial charge on any atom is 0.222 e. The summed E-state index contributed by atoms with van der Waals surface area (Å²) < 4.78 is 0. The van der Waals surface area contributed by atoms with E-state index in [1.54, 1.807) is 0 Å². The molecule has 13 heavy (non-hydrogen) atoms. The van der Waals surface area contributed by atoms with E-state index in [4.69, 9.17) is 0 Å². The van der Waals surface area contributed by atoms with Gasteiger partial charge in [0.15, 0.2) is 0 Å². The minimum atomic E-state index is 0.233. The molecule has 3 unspecified atom stereocenters. The molecule has 1 amide bonds. The minimum Gasteiger partial charge on any atom is -0.396 e. The summed E-state index contributed by atoms with van der Waals surface area (Å²) in [5.41, 5.74) is 0. The minimum absolute atomic E-state index is 0.233. The van der Waals surface area contributed by atoms with Gasteiger partial charge in [-0.2, -0.15) is 0 Å². The fourth-order valence-corrected chi connectivity index (χ4v) is 3.02. The maximum absolute atomic E-state index is 11.5. The molecule has 0 aromatic carbocycles. The van der Waals surface area contributed by atoms with Gasteiger partial charge in [-0.3, -0.25) is 4.79 Å². The van der Waals surface area contributed by atoms with Crippen LogP contribution in [0.15, 0.2) is 0 Å². The van der Waals surface area contributed by atoms with E-state index in [2.05, 4.69) is 6.92 Å². The van der Waals surface area contributed by atoms with Crippen molar-refractivity contribution in [1.29, 1.82) is 0 Å². The van der Waals surface area contributed by atoms with E-state index in [0.29, 0.717) is 30.2 Å². The van der Waals surface area contributed by atoms with Gasteiger partial charge >= 0.3 is 0 Å². The van der Waals surface area contributed by atoms with Crippen LogP contribution in [0.25, 0.3) is 0 Å². The van der Waals surface area contributed by atoms with Gasteiger partial charge in [0.2, 0.25) is 5.91 Å². The molecular formula is C10H17NO2. The molecule has 1 saturated carbocycles. The number of hydrogen-bond acceptors (Lipinski definition) is 2. The van der Waals surface area contributed by atoms with Gasteiger partial charge in [0.1, 0.15) is 0 Å². The standard InChI is InChI=1S/C10H17NO2/c1-6-3-9-8(5-12)7(6)4-10(13)11(9)2/h6-9,12H,3-5H2,1-2H3/t6-,7?,8?,9?/m1/s1. The average molecular weight is 183 g/mol. The monoisotopic (exact) mass is 183 g/mol. The summed E-state index contributed by atoms with van der Waals surface area (Å²) >= 11 is 0. The van der Waals surface area contributed by atoms with Gasteiger partial charge in [-0.25, -0.2) is 0 Å². The highest BCUT2D eigenvalue weighted by Gasteiger charge is 2.48. The Labute approximate surface area is 78.7 Å². The number of piperidine rings is 1. The molecule has 3 nitrogen and oxygen atoms in total. The number of hydrogen-bond donors (Lipinski definition) is 1. The smallest absolute Gasteiger partial charge is 0.222 e. The third kappa shape index (κ3) is 1.17. The van der Waals surface area contributed by atoms with Crippen LogP contribution >= 0.6 is 0 Å². The van der Waals surface area contributed by atoms with Gasteiger partial charge in [0.25, 0.3) is 0 Å². The Kier molecular flexibility index (Phi) is 2.06. The second-order valence-corrected chi connectivity index (χ2v) is 4.50. The SMILES string of the molecule is C[C@@H]1CC2C(CO)C1CC(=O)N2C. The summed E-state index contributed by atoms with van der Waals surface area (Å²) in [6, 6.07) is 0.297. The van der Waals surface area contributed by atoms with Crippen molar-refractivity contribution in [2.75, 3.05) is 13.7 Å². The summed E-state index contributed by atoms with van der Waals surface area (Å²) in [7, 11) is 1.86. The molecule has 2 bridgehead atoms. The molecule has 1 aliphatic heterocycles. The molecule has 1 aliphatic carbocycles. The summed E-state index contributed by atoms with van der Waals surface area (Å²) in [5.74, 6) is 1.61. The molecule has 1 N–H and O–H groups in total. The van der Waals surface area contributed by atoms with E-state index in [1.807, 2.05) is 11.9 Å². The molecule has 0 aromatic rings. The molecule has 2 rings (SSSR count). The van der Waals surface area contributed by atoms with Crippen LogP contribution < -0.4 is 0 Å². The zero-order valence-corrected chi connectivity index (χ0v) is 8.23. The fraction of sp³-hybridized carbons (Fsp3) is 0.900. The number of rotatable bonds is 1. The van der Waals surface area contributed by atoms with Crippen molar-refractivity contribution in [2.24, 2.45) is 17.8 Å². The van der Waals surface area contributed by atoms with Crippen molar-refractivity contribution in [3.05, 3.63) is 0 Å². The number of carbonyl (C=O) groups is 1. The first kappa shape index (κ1) is 9.00. The quantitative estimate of drug-likeness (QED) is 0.642. The lowest BCUT2D eigenvalue weighted by molar-refractivity contribution is -0.138. The van der Waals surface area contributed by atoms with Gasteiger partial charge in [-0.1, -0.05) is 6.92 Å². The Hall–Kier alpha value is -0.570. The van der Waals surface area contributed by atoms with E-state index in [9.17, 15) is 9.90 Å². The Morgan fingerprint density at radius 2 is 2.31 bits per heavy atom. The number of fused-ring (bicyclic) bond motifs is 2. The van der Waals surface area contributed by atoms with Gasteiger partial charge < -0.3 is 10.0 Å². The van der Waals surface area contributed by atoms with Crippen LogP contribution in [-0.4, -0.2) is 35.6 Å². The van der Waals surface area contributed by atoms with Crippen LogP contribution in [-0.2, 0) is 4.79 Å². The number of aliphatic hydroxyl groups is 1. The molecule has 0 radical (unpaired) electrons. The van der Waals surface area contributed by atoms with Crippen LogP contribution in [0.5, 0.6) is 0 Å². The predicted octanol–water partition coefficient (Wildman–Crippen LogP) is 0.482. The normalized spacial score (nSPS) is 44.2. The summed E-state index contributed by atoms with van der Waals surface area (Å²) in [6.45, 7) is 2.43. The second-order valence-electron chi connectivity index (χ2n) is 4.50. The highest BCUT2D eigenvalue weighted by Crippen LogP contribution is 2.44. The van der Waals surface area contributed by atoms with E-state index >= 15 is 0 Å². The first-order valence-corrected chi connectivity index (χ1v) is 5.01. The highest BCUT2D eigenvalue weighted by atomic mass is 16.3. The average Bonchev–Trinajstić information content (AvgIpc) is 2.36. The summed E-state index contributed by atoms with van der Waals surface area (Å²) in [6.07, 6.45) is 1.71. The Morgan fingerprint density at radius 1 is 1.62 bits per heavy atom. The first-order valence-electron chi connectivity index (χ1n) is 5.01. The van der Waals surface area contributed by atoms with Gasteiger partial charge in [0.05, 0.1) is 0 Å². The van der Waals surface area contributed by atoms with Crippen molar-refractivity contribution < 1.29 is 9.90 Å². The first-order chi connectivity index (χ1) is 6.15. The lowest BCUT2D eigenvalue weighted by Gasteiger charge is -2.36. The molecule has 0 aromatic heterocycles. The predicted molar refractivity (Wildman–Crippen MR) is 49.0 cm³/mol. The fourth-order valence-electron chi connectivity index (χ4n) is 3.02. The van der Waals surface area contributed by atoms with Crippen LogP contribution in [0.2, 0.25) is 0 Å². The van der Waals surface area contributed by atoms with E-state index in [0.717, 1.165) is 6.42 Å². The molecule has 74 valence electrons. The topological polar surface area (TPSA) is 40.5 Å². The van der Waals surface area contributed by atoms with Crippen molar-refractivity contribution in [1.82, 2.24) is 4.90 Å². The zero-order valence-electron chi connectivity index (χ0n) is 8.23. The largest absolute Gasteiger partial charge is 0.396 e. The lowest BCUT2D eigenvalue weighted by Crippen LogP contribution is -2.46. The van der Waals surface area contributed by atoms with Crippen LogP contribution in [0, 0.1) is 17.8 Å². The van der Waals surface area contributed by atoms with E-state index < -0.39 is 0 Å². The number of carbonyl (C=O) groups excluding carboxylic acids is 1. The number of nitrogens with zero attached hydrogens (tertiary/aromatic N) is 1. The zero-order chi connectivity index (χ0) is 9.59. The van der Waals surface area contributed by atoms with Gasteiger partial charge in [0, 0.05) is 32.0 Å². The summed E-state index contributed by atoms with van der Waals surface area (Å²) in [4.78, 5) is 13.3. The van der Waals surface area contributed by atoms with Gasteiger partial charge in [-0.05, 0) is 18.3 Å². The molecule has 1 heterocycles.